The van der Waals surface area contributed by atoms with Crippen molar-refractivity contribution in [3.05, 3.63) is 35.4 Å². The monoisotopic (exact) mass is 192 g/mol. The van der Waals surface area contributed by atoms with E-state index in [0.29, 0.717) is 12.8 Å². The van der Waals surface area contributed by atoms with Crippen molar-refractivity contribution in [2.75, 3.05) is 0 Å². The molecular formula is C12H16O2. The Morgan fingerprint density at radius 3 is 1.71 bits per heavy atom. The molecule has 14 heavy (non-hydrogen) atoms. The smallest absolute Gasteiger partial charge is 0.0581 e. The summed E-state index contributed by atoms with van der Waals surface area (Å²) in [6.07, 6.45) is 2.26. The molecule has 0 saturated heterocycles. The standard InChI is InChI=1S/C12H16O2/c13-11-5-6-12(14)8-10-4-2-1-3-9(10)7-11/h1-4,11-14H,5-8H2/t11-,12+. The molecule has 2 nitrogen and oxygen atoms in total. The van der Waals surface area contributed by atoms with Crippen LogP contribution in [0.15, 0.2) is 24.3 Å². The first-order valence-electron chi connectivity index (χ1n) is 5.18. The summed E-state index contributed by atoms with van der Waals surface area (Å²) in [5.74, 6) is 0. The lowest BCUT2D eigenvalue weighted by atomic mass is 9.90. The average Bonchev–Trinajstić information content (AvgIpc) is 2.16. The molecule has 0 unspecified atom stereocenters. The van der Waals surface area contributed by atoms with Gasteiger partial charge in [-0.15, -0.1) is 0 Å². The summed E-state index contributed by atoms with van der Waals surface area (Å²) in [6, 6.07) is 8.05. The highest BCUT2D eigenvalue weighted by molar-refractivity contribution is 5.28. The predicted molar refractivity (Wildman–Crippen MR) is 55.1 cm³/mol. The fourth-order valence-corrected chi connectivity index (χ4v) is 2.05. The first kappa shape index (κ1) is 9.69. The van der Waals surface area contributed by atoms with E-state index in [-0.39, 0.29) is 12.2 Å². The molecule has 0 spiro atoms. The predicted octanol–water partition coefficient (Wildman–Crippen LogP) is 1.29. The van der Waals surface area contributed by atoms with Crippen LogP contribution in [-0.4, -0.2) is 22.4 Å². The minimum absolute atomic E-state index is 0.300. The third kappa shape index (κ3) is 2.14. The Morgan fingerprint density at radius 1 is 0.857 bits per heavy atom. The summed E-state index contributed by atoms with van der Waals surface area (Å²) in [5.41, 5.74) is 2.36. The highest BCUT2D eigenvalue weighted by atomic mass is 16.3. The molecule has 2 heteroatoms. The van der Waals surface area contributed by atoms with Crippen LogP contribution < -0.4 is 0 Å². The third-order valence-corrected chi connectivity index (χ3v) is 2.86. The van der Waals surface area contributed by atoms with E-state index in [2.05, 4.69) is 0 Å². The van der Waals surface area contributed by atoms with Crippen molar-refractivity contribution in [1.82, 2.24) is 0 Å². The summed E-state index contributed by atoms with van der Waals surface area (Å²) in [7, 11) is 0. The maximum absolute atomic E-state index is 9.67. The second-order valence-electron chi connectivity index (χ2n) is 4.06. The Morgan fingerprint density at radius 2 is 1.29 bits per heavy atom. The molecule has 1 aromatic carbocycles. The number of hydrogen-bond acceptors (Lipinski definition) is 2. The van der Waals surface area contributed by atoms with Crippen molar-refractivity contribution in [2.45, 2.75) is 37.9 Å². The third-order valence-electron chi connectivity index (χ3n) is 2.86. The first-order chi connectivity index (χ1) is 6.75. The van der Waals surface area contributed by atoms with Crippen LogP contribution in [0.5, 0.6) is 0 Å². The summed E-state index contributed by atoms with van der Waals surface area (Å²) in [6.45, 7) is 0. The van der Waals surface area contributed by atoms with Crippen molar-refractivity contribution >= 4 is 0 Å². The van der Waals surface area contributed by atoms with Crippen LogP contribution in [0, 0.1) is 0 Å². The van der Waals surface area contributed by atoms with Crippen molar-refractivity contribution in [3.8, 4) is 0 Å². The van der Waals surface area contributed by atoms with Gasteiger partial charge in [-0.2, -0.15) is 0 Å². The highest BCUT2D eigenvalue weighted by Gasteiger charge is 2.17. The molecule has 0 amide bonds. The molecule has 0 fully saturated rings. The first-order valence-corrected chi connectivity index (χ1v) is 5.18. The van der Waals surface area contributed by atoms with Crippen molar-refractivity contribution in [2.24, 2.45) is 0 Å². The average molecular weight is 192 g/mol. The Hall–Kier alpha value is -0.860. The zero-order valence-corrected chi connectivity index (χ0v) is 8.19. The van der Waals surface area contributed by atoms with Gasteiger partial charge in [0.05, 0.1) is 12.2 Å². The molecule has 1 aliphatic rings. The Kier molecular flexibility index (Phi) is 2.85. The fraction of sp³-hybridized carbons (Fsp3) is 0.500. The van der Waals surface area contributed by atoms with Gasteiger partial charge in [-0.25, -0.2) is 0 Å². The van der Waals surface area contributed by atoms with E-state index < -0.39 is 0 Å². The molecule has 1 aliphatic carbocycles. The van der Waals surface area contributed by atoms with Gasteiger partial charge in [0.15, 0.2) is 0 Å². The van der Waals surface area contributed by atoms with Gasteiger partial charge in [-0.05, 0) is 36.8 Å². The van der Waals surface area contributed by atoms with Crippen molar-refractivity contribution < 1.29 is 10.2 Å². The van der Waals surface area contributed by atoms with Gasteiger partial charge < -0.3 is 10.2 Å². The van der Waals surface area contributed by atoms with E-state index in [1.165, 1.54) is 11.1 Å². The van der Waals surface area contributed by atoms with Crippen LogP contribution in [0.2, 0.25) is 0 Å². The summed E-state index contributed by atoms with van der Waals surface area (Å²) < 4.78 is 0. The Bertz CT molecular complexity index is 278. The highest BCUT2D eigenvalue weighted by Crippen LogP contribution is 2.20. The second-order valence-corrected chi connectivity index (χ2v) is 4.06. The number of aliphatic hydroxyl groups excluding tert-OH is 2. The van der Waals surface area contributed by atoms with Gasteiger partial charge in [0.1, 0.15) is 0 Å². The van der Waals surface area contributed by atoms with Crippen molar-refractivity contribution in [3.63, 3.8) is 0 Å². The molecule has 0 heterocycles. The van der Waals surface area contributed by atoms with Gasteiger partial charge in [-0.3, -0.25) is 0 Å². The van der Waals surface area contributed by atoms with Crippen LogP contribution in [0.1, 0.15) is 24.0 Å². The lowest BCUT2D eigenvalue weighted by Gasteiger charge is -2.21. The van der Waals surface area contributed by atoms with Crippen LogP contribution in [0.4, 0.5) is 0 Å². The number of rotatable bonds is 0. The lowest BCUT2D eigenvalue weighted by molar-refractivity contribution is 0.108. The van der Waals surface area contributed by atoms with E-state index in [1.807, 2.05) is 24.3 Å². The van der Waals surface area contributed by atoms with E-state index in [0.717, 1.165) is 12.8 Å². The number of fused-ring (bicyclic) bond motifs is 1. The van der Waals surface area contributed by atoms with Crippen LogP contribution in [0.3, 0.4) is 0 Å². The molecule has 0 radical (unpaired) electrons. The fourth-order valence-electron chi connectivity index (χ4n) is 2.05. The summed E-state index contributed by atoms with van der Waals surface area (Å²) in [4.78, 5) is 0. The minimum atomic E-state index is -0.300. The molecule has 0 saturated carbocycles. The Labute approximate surface area is 84.2 Å². The molecule has 2 rings (SSSR count). The summed E-state index contributed by atoms with van der Waals surface area (Å²) >= 11 is 0. The maximum Gasteiger partial charge on any atom is 0.0581 e. The number of aliphatic hydroxyl groups is 2. The second kappa shape index (κ2) is 4.11. The quantitative estimate of drug-likeness (QED) is 0.650. The van der Waals surface area contributed by atoms with Gasteiger partial charge >= 0.3 is 0 Å². The van der Waals surface area contributed by atoms with Gasteiger partial charge in [0.2, 0.25) is 0 Å². The zero-order valence-electron chi connectivity index (χ0n) is 8.19. The van der Waals surface area contributed by atoms with E-state index >= 15 is 0 Å². The molecule has 2 atom stereocenters. The molecule has 0 aromatic heterocycles. The Balaban J connectivity index is 2.28. The molecule has 0 bridgehead atoms. The molecule has 0 aliphatic heterocycles. The van der Waals surface area contributed by atoms with Crippen molar-refractivity contribution in [1.29, 1.82) is 0 Å². The maximum atomic E-state index is 9.67. The zero-order chi connectivity index (χ0) is 9.97. The molecular weight excluding hydrogens is 176 g/mol. The SMILES string of the molecule is O[C@@H]1CC[C@H](O)Cc2ccccc2C1. The van der Waals surface area contributed by atoms with E-state index in [9.17, 15) is 10.2 Å². The van der Waals surface area contributed by atoms with Crippen LogP contribution >= 0.6 is 0 Å². The van der Waals surface area contributed by atoms with Gasteiger partial charge in [-0.1, -0.05) is 24.3 Å². The van der Waals surface area contributed by atoms with Gasteiger partial charge in [0.25, 0.3) is 0 Å². The van der Waals surface area contributed by atoms with E-state index in [1.54, 1.807) is 0 Å². The van der Waals surface area contributed by atoms with Crippen LogP contribution in [0.25, 0.3) is 0 Å². The van der Waals surface area contributed by atoms with E-state index in [4.69, 9.17) is 0 Å². The topological polar surface area (TPSA) is 40.5 Å². The van der Waals surface area contributed by atoms with Crippen LogP contribution in [-0.2, 0) is 12.8 Å². The largest absolute Gasteiger partial charge is 0.393 e. The lowest BCUT2D eigenvalue weighted by Crippen LogP contribution is -2.21. The number of benzene rings is 1. The molecule has 1 aromatic rings. The number of hydrogen-bond donors (Lipinski definition) is 2. The summed E-state index contributed by atoms with van der Waals surface area (Å²) in [5, 5.41) is 19.3. The molecule has 76 valence electrons. The molecule has 2 N–H and O–H groups in total. The normalized spacial score (nSPS) is 27.6. The van der Waals surface area contributed by atoms with Gasteiger partial charge in [0, 0.05) is 0 Å². The minimum Gasteiger partial charge on any atom is -0.393 e.